The van der Waals surface area contributed by atoms with E-state index in [-0.39, 0.29) is 5.75 Å². The Morgan fingerprint density at radius 3 is 2.61 bits per heavy atom. The lowest BCUT2D eigenvalue weighted by atomic mass is 10.0. The highest BCUT2D eigenvalue weighted by Gasteiger charge is 2.45. The molecule has 1 aromatic heterocycles. The third kappa shape index (κ3) is 2.34. The molecule has 0 unspecified atom stereocenters. The van der Waals surface area contributed by atoms with Crippen molar-refractivity contribution >= 4 is 5.82 Å². The van der Waals surface area contributed by atoms with Gasteiger partial charge in [-0.1, -0.05) is 6.07 Å². The molecule has 23 heavy (non-hydrogen) atoms. The number of para-hydroxylation sites is 1. The zero-order valence-corrected chi connectivity index (χ0v) is 12.3. The molecule has 0 N–H and O–H groups in total. The van der Waals surface area contributed by atoms with Gasteiger partial charge in [-0.3, -0.25) is 0 Å². The molecular formula is C17H14FN3O2. The van der Waals surface area contributed by atoms with Crippen LogP contribution in [-0.4, -0.2) is 29.1 Å². The monoisotopic (exact) mass is 311 g/mol. The minimum atomic E-state index is -0.785. The van der Waals surface area contributed by atoms with E-state index in [0.717, 1.165) is 5.82 Å². The van der Waals surface area contributed by atoms with Gasteiger partial charge in [0.15, 0.2) is 17.4 Å². The maximum atomic E-state index is 13.8. The van der Waals surface area contributed by atoms with Crippen LogP contribution in [0.3, 0.4) is 0 Å². The zero-order valence-electron chi connectivity index (χ0n) is 12.3. The van der Waals surface area contributed by atoms with E-state index in [1.165, 1.54) is 6.07 Å². The Kier molecular flexibility index (Phi) is 3.08. The van der Waals surface area contributed by atoms with Gasteiger partial charge < -0.3 is 14.4 Å². The van der Waals surface area contributed by atoms with Crippen LogP contribution in [-0.2, 0) is 0 Å². The summed E-state index contributed by atoms with van der Waals surface area (Å²) < 4.78 is 25.5. The van der Waals surface area contributed by atoms with Gasteiger partial charge in [0, 0.05) is 25.9 Å². The fourth-order valence-corrected chi connectivity index (χ4v) is 2.93. The van der Waals surface area contributed by atoms with Gasteiger partial charge in [-0.15, -0.1) is 16.6 Å². The number of ether oxygens (including phenoxy) is 2. The summed E-state index contributed by atoms with van der Waals surface area (Å²) in [6, 6.07) is 8.34. The third-order valence-electron chi connectivity index (χ3n) is 4.16. The Balaban J connectivity index is 1.48. The Morgan fingerprint density at radius 1 is 1.13 bits per heavy atom. The van der Waals surface area contributed by atoms with E-state index in [0.29, 0.717) is 37.4 Å². The van der Waals surface area contributed by atoms with Crippen molar-refractivity contribution in [3.8, 4) is 23.8 Å². The number of nitrogens with zero attached hydrogens (tertiary/aromatic N) is 3. The minimum absolute atomic E-state index is 0.208. The van der Waals surface area contributed by atoms with Crippen molar-refractivity contribution in [2.24, 2.45) is 0 Å². The maximum absolute atomic E-state index is 13.8. The molecule has 0 radical (unpaired) electrons. The summed E-state index contributed by atoms with van der Waals surface area (Å²) in [6.45, 7) is 1.36. The summed E-state index contributed by atoms with van der Waals surface area (Å²) in [7, 11) is 0. The average Bonchev–Trinajstić information content (AvgIpc) is 2.95. The molecule has 1 saturated heterocycles. The summed E-state index contributed by atoms with van der Waals surface area (Å²) in [4.78, 5) is 2.09. The normalized spacial score (nSPS) is 18.0. The predicted molar refractivity (Wildman–Crippen MR) is 81.8 cm³/mol. The second kappa shape index (κ2) is 5.13. The molecule has 5 nitrogen and oxygen atoms in total. The van der Waals surface area contributed by atoms with Gasteiger partial charge in [0.05, 0.1) is 0 Å². The average molecular weight is 311 g/mol. The van der Waals surface area contributed by atoms with Crippen LogP contribution in [0, 0.1) is 18.2 Å². The van der Waals surface area contributed by atoms with Crippen LogP contribution in [0.5, 0.6) is 11.5 Å². The Bertz CT molecular complexity index is 777. The lowest BCUT2D eigenvalue weighted by Gasteiger charge is -2.37. The summed E-state index contributed by atoms with van der Waals surface area (Å²) in [5.74, 6) is 2.71. The van der Waals surface area contributed by atoms with E-state index >= 15 is 0 Å². The summed E-state index contributed by atoms with van der Waals surface area (Å²) in [6.07, 6.45) is 6.50. The lowest BCUT2D eigenvalue weighted by Crippen LogP contribution is -2.50. The predicted octanol–water partition coefficient (Wildman–Crippen LogP) is 2.36. The fourth-order valence-electron chi connectivity index (χ4n) is 2.93. The van der Waals surface area contributed by atoms with Crippen LogP contribution < -0.4 is 14.4 Å². The molecule has 2 aromatic rings. The summed E-state index contributed by atoms with van der Waals surface area (Å²) in [5, 5.41) is 8.10. The van der Waals surface area contributed by atoms with Crippen molar-refractivity contribution in [1.82, 2.24) is 10.2 Å². The number of aromatic nitrogens is 2. The smallest absolute Gasteiger partial charge is 0.255 e. The van der Waals surface area contributed by atoms with Crippen molar-refractivity contribution < 1.29 is 13.9 Å². The highest BCUT2D eigenvalue weighted by atomic mass is 19.1. The number of anilines is 1. The van der Waals surface area contributed by atoms with Gasteiger partial charge in [-0.2, -0.15) is 0 Å². The number of rotatable bonds is 1. The summed E-state index contributed by atoms with van der Waals surface area (Å²) >= 11 is 0. The quantitative estimate of drug-likeness (QED) is 0.757. The first-order chi connectivity index (χ1) is 11.2. The third-order valence-corrected chi connectivity index (χ3v) is 4.16. The number of piperidine rings is 1. The van der Waals surface area contributed by atoms with Gasteiger partial charge in [-0.05, 0) is 30.2 Å². The molecule has 0 bridgehead atoms. The molecule has 116 valence electrons. The maximum Gasteiger partial charge on any atom is 0.255 e. The molecular weight excluding hydrogens is 297 g/mol. The zero-order chi connectivity index (χ0) is 15.9. The number of fused-ring (bicyclic) bond motifs is 1. The molecule has 3 heterocycles. The van der Waals surface area contributed by atoms with Gasteiger partial charge in [0.1, 0.15) is 5.69 Å². The van der Waals surface area contributed by atoms with Crippen LogP contribution in [0.2, 0.25) is 0 Å². The number of hydrogen-bond donors (Lipinski definition) is 0. The van der Waals surface area contributed by atoms with Crippen molar-refractivity contribution in [2.75, 3.05) is 18.0 Å². The van der Waals surface area contributed by atoms with Gasteiger partial charge in [0.25, 0.3) is 5.79 Å². The second-order valence-electron chi connectivity index (χ2n) is 5.59. The summed E-state index contributed by atoms with van der Waals surface area (Å²) in [5.41, 5.74) is 0.510. The highest BCUT2D eigenvalue weighted by molar-refractivity contribution is 5.45. The molecule has 1 spiro atoms. The van der Waals surface area contributed by atoms with E-state index in [1.807, 2.05) is 6.07 Å². The molecule has 0 aliphatic carbocycles. The van der Waals surface area contributed by atoms with Crippen molar-refractivity contribution in [3.05, 3.63) is 41.8 Å². The first kappa shape index (κ1) is 13.8. The Hall–Kier alpha value is -2.81. The molecule has 1 fully saturated rings. The number of benzene rings is 1. The van der Waals surface area contributed by atoms with Gasteiger partial charge >= 0.3 is 0 Å². The van der Waals surface area contributed by atoms with E-state index in [1.54, 1.807) is 18.2 Å². The number of halogens is 1. The number of hydrogen-bond acceptors (Lipinski definition) is 5. The fraction of sp³-hybridized carbons (Fsp3) is 0.294. The van der Waals surface area contributed by atoms with Crippen molar-refractivity contribution in [2.45, 2.75) is 18.6 Å². The lowest BCUT2D eigenvalue weighted by molar-refractivity contribution is -0.0970. The van der Waals surface area contributed by atoms with E-state index in [4.69, 9.17) is 15.9 Å². The van der Waals surface area contributed by atoms with E-state index in [2.05, 4.69) is 21.0 Å². The molecule has 2 aliphatic heterocycles. The first-order valence-corrected chi connectivity index (χ1v) is 7.41. The van der Waals surface area contributed by atoms with Crippen LogP contribution in [0.1, 0.15) is 18.5 Å². The molecule has 4 rings (SSSR count). The van der Waals surface area contributed by atoms with Crippen LogP contribution in [0.15, 0.2) is 30.3 Å². The minimum Gasteiger partial charge on any atom is -0.448 e. The SMILES string of the molecule is C#Cc1ccc(N2CCC3(CC2)Oc2cccc(F)c2O3)nn1. The molecule has 0 saturated carbocycles. The largest absolute Gasteiger partial charge is 0.448 e. The molecule has 1 aromatic carbocycles. The van der Waals surface area contributed by atoms with Crippen LogP contribution >= 0.6 is 0 Å². The first-order valence-electron chi connectivity index (χ1n) is 7.41. The Morgan fingerprint density at radius 2 is 1.96 bits per heavy atom. The topological polar surface area (TPSA) is 47.5 Å². The Labute approximate surface area is 133 Å². The highest BCUT2D eigenvalue weighted by Crippen LogP contribution is 2.45. The second-order valence-corrected chi connectivity index (χ2v) is 5.59. The number of terminal acetylenes is 1. The standard InChI is InChI=1S/C17H14FN3O2/c1-2-12-6-7-15(20-19-12)21-10-8-17(9-11-21)22-14-5-3-4-13(18)16(14)23-17/h1,3-7H,8-11H2. The van der Waals surface area contributed by atoms with Crippen molar-refractivity contribution in [1.29, 1.82) is 0 Å². The van der Waals surface area contributed by atoms with Gasteiger partial charge in [0.2, 0.25) is 5.75 Å². The van der Waals surface area contributed by atoms with E-state index in [9.17, 15) is 4.39 Å². The van der Waals surface area contributed by atoms with Crippen molar-refractivity contribution in [3.63, 3.8) is 0 Å². The van der Waals surface area contributed by atoms with E-state index < -0.39 is 11.6 Å². The molecule has 0 atom stereocenters. The van der Waals surface area contributed by atoms with Crippen LogP contribution in [0.4, 0.5) is 10.2 Å². The van der Waals surface area contributed by atoms with Crippen LogP contribution in [0.25, 0.3) is 0 Å². The molecule has 2 aliphatic rings. The van der Waals surface area contributed by atoms with Gasteiger partial charge in [-0.25, -0.2) is 4.39 Å². The molecule has 0 amide bonds. The molecule has 6 heteroatoms.